The van der Waals surface area contributed by atoms with Crippen LogP contribution in [0, 0.1) is 5.82 Å². The van der Waals surface area contributed by atoms with E-state index in [-0.39, 0.29) is 11.7 Å². The molecule has 27 heavy (non-hydrogen) atoms. The normalized spacial score (nSPS) is 13.0. The summed E-state index contributed by atoms with van der Waals surface area (Å²) in [5.41, 5.74) is 3.31. The highest BCUT2D eigenvalue weighted by atomic mass is 19.1. The Morgan fingerprint density at radius 2 is 2.07 bits per heavy atom. The Morgan fingerprint density at radius 1 is 1.30 bits per heavy atom. The fourth-order valence-electron chi connectivity index (χ4n) is 3.06. The van der Waals surface area contributed by atoms with Crippen LogP contribution >= 0.6 is 0 Å². The lowest BCUT2D eigenvalue weighted by atomic mass is 10.0. The van der Waals surface area contributed by atoms with Gasteiger partial charge >= 0.3 is 0 Å². The van der Waals surface area contributed by atoms with Gasteiger partial charge in [-0.3, -0.25) is 4.79 Å². The minimum atomic E-state index is -0.267. The highest BCUT2D eigenvalue weighted by Crippen LogP contribution is 2.29. The molecule has 0 fully saturated rings. The first kappa shape index (κ1) is 18.8. The van der Waals surface area contributed by atoms with Gasteiger partial charge in [-0.1, -0.05) is 25.5 Å². The molecular weight excluding hydrogens is 341 g/mol. The van der Waals surface area contributed by atoms with E-state index < -0.39 is 0 Å². The van der Waals surface area contributed by atoms with Gasteiger partial charge in [0.1, 0.15) is 11.7 Å². The smallest absolute Gasteiger partial charge is 0.251 e. The summed E-state index contributed by atoms with van der Waals surface area (Å²) in [6.07, 6.45) is 3.78. The second-order valence-corrected chi connectivity index (χ2v) is 6.56. The van der Waals surface area contributed by atoms with Gasteiger partial charge in [0, 0.05) is 30.8 Å². The van der Waals surface area contributed by atoms with Crippen LogP contribution in [0.2, 0.25) is 0 Å². The summed E-state index contributed by atoms with van der Waals surface area (Å²) in [6, 6.07) is 12.0. The number of carbonyl (C=O) groups is 1. The van der Waals surface area contributed by atoms with E-state index in [0.717, 1.165) is 48.6 Å². The Morgan fingerprint density at radius 3 is 2.78 bits per heavy atom. The number of carbonyl (C=O) groups excluding carboxylic acids is 1. The summed E-state index contributed by atoms with van der Waals surface area (Å²) in [4.78, 5) is 19.3. The average molecular weight is 365 g/mol. The zero-order valence-electron chi connectivity index (χ0n) is 15.5. The van der Waals surface area contributed by atoms with Crippen LogP contribution in [-0.4, -0.2) is 29.7 Å². The van der Waals surface area contributed by atoms with Gasteiger partial charge in [-0.25, -0.2) is 9.38 Å². The lowest BCUT2D eigenvalue weighted by Gasteiger charge is -2.31. The van der Waals surface area contributed by atoms with Gasteiger partial charge in [0.15, 0.2) is 0 Å². The number of halogens is 1. The quantitative estimate of drug-likeness (QED) is 0.738. The number of rotatable bonds is 7. The lowest BCUT2D eigenvalue weighted by molar-refractivity contribution is 0.0958. The van der Waals surface area contributed by atoms with E-state index in [2.05, 4.69) is 23.7 Å². The van der Waals surface area contributed by atoms with Gasteiger partial charge in [0.25, 0.3) is 5.91 Å². The highest BCUT2D eigenvalue weighted by molar-refractivity contribution is 6.02. The lowest BCUT2D eigenvalue weighted by Crippen LogP contribution is -2.34. The molecule has 0 atom stereocenters. The van der Waals surface area contributed by atoms with E-state index in [1.807, 2.05) is 18.2 Å². The Bertz CT molecular complexity index is 858. The number of fused-ring (bicyclic) bond motifs is 1. The van der Waals surface area contributed by atoms with Crippen LogP contribution in [0.25, 0.3) is 0 Å². The highest BCUT2D eigenvalue weighted by Gasteiger charge is 2.22. The second kappa shape index (κ2) is 8.62. The number of nitrogens with one attached hydrogen (secondary N) is 1. The van der Waals surface area contributed by atoms with Gasteiger partial charge < -0.3 is 10.2 Å². The fourth-order valence-corrected chi connectivity index (χ4v) is 3.06. The van der Waals surface area contributed by atoms with Crippen LogP contribution in [-0.2, 0) is 6.54 Å². The molecule has 1 amide bonds. The minimum absolute atomic E-state index is 0.148. The number of aliphatic imine (C=N–C) groups is 1. The van der Waals surface area contributed by atoms with Gasteiger partial charge in [0.2, 0.25) is 0 Å². The molecule has 2 aromatic carbocycles. The van der Waals surface area contributed by atoms with Crippen LogP contribution in [0.15, 0.2) is 60.1 Å². The number of amides is 1. The third kappa shape index (κ3) is 4.42. The Labute approximate surface area is 159 Å². The topological polar surface area (TPSA) is 44.7 Å². The van der Waals surface area contributed by atoms with Crippen LogP contribution in [0.1, 0.15) is 41.3 Å². The number of hydrogen-bond donors (Lipinski definition) is 1. The molecular formula is C22H24FN3O. The van der Waals surface area contributed by atoms with Gasteiger partial charge in [0.05, 0.1) is 5.69 Å². The molecule has 1 aliphatic rings. The summed E-state index contributed by atoms with van der Waals surface area (Å²) < 4.78 is 13.3. The number of hydrogen-bond acceptors (Lipinski definition) is 3. The minimum Gasteiger partial charge on any atom is -0.352 e. The van der Waals surface area contributed by atoms with E-state index in [1.165, 1.54) is 12.1 Å². The van der Waals surface area contributed by atoms with Gasteiger partial charge in [-0.2, -0.15) is 0 Å². The van der Waals surface area contributed by atoms with Crippen molar-refractivity contribution in [3.8, 4) is 0 Å². The molecule has 140 valence electrons. The summed E-state index contributed by atoms with van der Waals surface area (Å²) in [5.74, 6) is 0.404. The third-order valence-corrected chi connectivity index (χ3v) is 4.53. The number of amidine groups is 1. The zero-order chi connectivity index (χ0) is 19.2. The van der Waals surface area contributed by atoms with Crippen molar-refractivity contribution in [3.05, 3.63) is 77.6 Å². The molecule has 0 aromatic heterocycles. The zero-order valence-corrected chi connectivity index (χ0v) is 15.5. The number of nitrogens with zero attached hydrogens (tertiary/aromatic N) is 2. The van der Waals surface area contributed by atoms with Gasteiger partial charge in [-0.15, -0.1) is 6.58 Å². The van der Waals surface area contributed by atoms with E-state index in [1.54, 1.807) is 18.2 Å². The number of benzene rings is 2. The largest absolute Gasteiger partial charge is 0.352 e. The summed E-state index contributed by atoms with van der Waals surface area (Å²) in [6.45, 7) is 7.79. The Hall–Kier alpha value is -2.95. The van der Waals surface area contributed by atoms with E-state index >= 15 is 0 Å². The fraction of sp³-hybridized carbons (Fsp3) is 0.273. The average Bonchev–Trinajstić information content (AvgIpc) is 2.70. The molecule has 0 saturated heterocycles. The van der Waals surface area contributed by atoms with Crippen molar-refractivity contribution < 1.29 is 9.18 Å². The predicted molar refractivity (Wildman–Crippen MR) is 107 cm³/mol. The Kier molecular flexibility index (Phi) is 6.01. The first-order valence-electron chi connectivity index (χ1n) is 9.24. The van der Waals surface area contributed by atoms with E-state index in [4.69, 9.17) is 4.99 Å². The molecule has 5 heteroatoms. The molecule has 0 spiro atoms. The van der Waals surface area contributed by atoms with Crippen molar-refractivity contribution >= 4 is 17.4 Å². The van der Waals surface area contributed by atoms with Crippen LogP contribution in [0.5, 0.6) is 0 Å². The molecule has 0 radical (unpaired) electrons. The monoisotopic (exact) mass is 365 g/mol. The summed E-state index contributed by atoms with van der Waals surface area (Å²) in [5, 5.41) is 2.78. The van der Waals surface area contributed by atoms with E-state index in [0.29, 0.717) is 12.1 Å². The van der Waals surface area contributed by atoms with E-state index in [9.17, 15) is 9.18 Å². The molecule has 0 bridgehead atoms. The van der Waals surface area contributed by atoms with Crippen molar-refractivity contribution in [2.75, 3.05) is 13.1 Å². The molecule has 0 saturated carbocycles. The van der Waals surface area contributed by atoms with Crippen molar-refractivity contribution in [2.24, 2.45) is 4.99 Å². The summed E-state index contributed by atoms with van der Waals surface area (Å²) >= 11 is 0. The standard InChI is InChI=1S/C22H24FN3O/c1-3-5-13-26-15-18-7-6-17(22(27)24-12-4-2)14-20(18)25-21(26)16-8-10-19(23)11-9-16/h4,6-11,14H,2-3,5,12-13,15H2,1H3,(H,24,27). The molecule has 4 nitrogen and oxygen atoms in total. The molecule has 0 unspecified atom stereocenters. The van der Waals surface area contributed by atoms with Crippen molar-refractivity contribution in [3.63, 3.8) is 0 Å². The molecule has 1 aliphatic heterocycles. The Balaban J connectivity index is 1.96. The third-order valence-electron chi connectivity index (χ3n) is 4.53. The molecule has 2 aromatic rings. The molecule has 0 aliphatic carbocycles. The van der Waals surface area contributed by atoms with Crippen LogP contribution in [0.4, 0.5) is 10.1 Å². The first-order chi connectivity index (χ1) is 13.1. The second-order valence-electron chi connectivity index (χ2n) is 6.56. The summed E-state index contributed by atoms with van der Waals surface area (Å²) in [7, 11) is 0. The number of unbranched alkanes of at least 4 members (excludes halogenated alkanes) is 1. The predicted octanol–water partition coefficient (Wildman–Crippen LogP) is 4.44. The SMILES string of the molecule is C=CCNC(=O)c1ccc2c(c1)N=C(c1ccc(F)cc1)N(CCCC)C2. The van der Waals surface area contributed by atoms with Gasteiger partial charge in [-0.05, 0) is 48.4 Å². The maximum atomic E-state index is 13.3. The maximum Gasteiger partial charge on any atom is 0.251 e. The maximum absolute atomic E-state index is 13.3. The molecule has 1 N–H and O–H groups in total. The molecule has 1 heterocycles. The first-order valence-corrected chi connectivity index (χ1v) is 9.24. The van der Waals surface area contributed by atoms with Crippen molar-refractivity contribution in [1.29, 1.82) is 0 Å². The molecule has 3 rings (SSSR count). The van der Waals surface area contributed by atoms with Crippen molar-refractivity contribution in [2.45, 2.75) is 26.3 Å². The van der Waals surface area contributed by atoms with Crippen LogP contribution in [0.3, 0.4) is 0 Å². The van der Waals surface area contributed by atoms with Crippen molar-refractivity contribution in [1.82, 2.24) is 10.2 Å². The van der Waals surface area contributed by atoms with Crippen LogP contribution < -0.4 is 5.32 Å².